The molecule has 96 valence electrons. The molecule has 0 bridgehead atoms. The molecule has 17 heavy (non-hydrogen) atoms. The number of rotatable bonds is 2. The molecule has 0 aromatic heterocycles. The Morgan fingerprint density at radius 3 is 2.76 bits per heavy atom. The highest BCUT2D eigenvalue weighted by atomic mass is 16.5. The third kappa shape index (κ3) is 2.27. The van der Waals surface area contributed by atoms with Crippen molar-refractivity contribution in [3.8, 4) is 0 Å². The minimum absolute atomic E-state index is 0.343. The number of hydrogen-bond donors (Lipinski definition) is 0. The molecule has 3 unspecified atom stereocenters. The molecule has 0 aromatic rings. The van der Waals surface area contributed by atoms with Crippen LogP contribution in [0.2, 0.25) is 0 Å². The van der Waals surface area contributed by atoms with Crippen molar-refractivity contribution in [1.29, 1.82) is 0 Å². The Bertz CT molecular complexity index is 286. The first-order valence-electron chi connectivity index (χ1n) is 7.22. The van der Waals surface area contributed by atoms with Gasteiger partial charge >= 0.3 is 0 Å². The highest BCUT2D eigenvalue weighted by molar-refractivity contribution is 5.83. The predicted molar refractivity (Wildman–Crippen MR) is 65.9 cm³/mol. The smallest absolute Gasteiger partial charge is 0.137 e. The van der Waals surface area contributed by atoms with Gasteiger partial charge in [0.25, 0.3) is 0 Å². The first kappa shape index (κ1) is 11.7. The summed E-state index contributed by atoms with van der Waals surface area (Å²) >= 11 is 0. The van der Waals surface area contributed by atoms with Crippen LogP contribution >= 0.6 is 0 Å². The minimum Gasteiger partial charge on any atom is -0.380 e. The second kappa shape index (κ2) is 5.07. The first-order valence-corrected chi connectivity index (χ1v) is 7.22. The number of Topliss-reactive ketones (excluding diaryl/α,β-unsaturated/α-hetero) is 1. The van der Waals surface area contributed by atoms with Crippen LogP contribution in [0.4, 0.5) is 0 Å². The number of ketones is 1. The van der Waals surface area contributed by atoms with E-state index in [2.05, 4.69) is 4.90 Å². The van der Waals surface area contributed by atoms with Crippen LogP contribution in [0.1, 0.15) is 44.9 Å². The van der Waals surface area contributed by atoms with Gasteiger partial charge in [-0.2, -0.15) is 0 Å². The lowest BCUT2D eigenvalue weighted by Gasteiger charge is -2.41. The number of nitrogens with zero attached hydrogens (tertiary/aromatic N) is 1. The standard InChI is InChI=1S/C14H23NO2/c16-14-6-3-4-12(14)13-5-1-2-8-15(13)11-7-9-17-10-11/h11-13H,1-10H2. The van der Waals surface area contributed by atoms with Gasteiger partial charge in [0.2, 0.25) is 0 Å². The summed E-state index contributed by atoms with van der Waals surface area (Å²) in [5.74, 6) is 0.872. The van der Waals surface area contributed by atoms with Gasteiger partial charge < -0.3 is 4.74 Å². The topological polar surface area (TPSA) is 29.5 Å². The van der Waals surface area contributed by atoms with Crippen LogP contribution in [-0.2, 0) is 9.53 Å². The van der Waals surface area contributed by atoms with Gasteiger partial charge in [0.15, 0.2) is 0 Å². The van der Waals surface area contributed by atoms with Gasteiger partial charge in [-0.05, 0) is 38.6 Å². The van der Waals surface area contributed by atoms with E-state index < -0.39 is 0 Å². The van der Waals surface area contributed by atoms with E-state index in [4.69, 9.17) is 4.74 Å². The van der Waals surface area contributed by atoms with E-state index in [1.54, 1.807) is 0 Å². The summed E-state index contributed by atoms with van der Waals surface area (Å²) < 4.78 is 5.52. The fourth-order valence-electron chi connectivity index (χ4n) is 3.90. The lowest BCUT2D eigenvalue weighted by atomic mass is 9.87. The third-order valence-electron chi connectivity index (χ3n) is 4.78. The molecule has 0 aromatic carbocycles. The van der Waals surface area contributed by atoms with Crippen LogP contribution in [0.5, 0.6) is 0 Å². The highest BCUT2D eigenvalue weighted by Crippen LogP contribution is 2.34. The maximum atomic E-state index is 12.0. The lowest BCUT2D eigenvalue weighted by molar-refractivity contribution is -0.123. The highest BCUT2D eigenvalue weighted by Gasteiger charge is 2.39. The molecule has 3 atom stereocenters. The number of carbonyl (C=O) groups is 1. The lowest BCUT2D eigenvalue weighted by Crippen LogP contribution is -2.50. The normalized spacial score (nSPS) is 40.0. The Hall–Kier alpha value is -0.410. The molecule has 1 aliphatic carbocycles. The van der Waals surface area contributed by atoms with E-state index in [-0.39, 0.29) is 0 Å². The molecule has 3 nitrogen and oxygen atoms in total. The molecule has 2 heterocycles. The molecule has 0 radical (unpaired) electrons. The van der Waals surface area contributed by atoms with Crippen LogP contribution in [-0.4, -0.2) is 42.5 Å². The molecule has 3 heteroatoms. The van der Waals surface area contributed by atoms with Crippen LogP contribution in [0.3, 0.4) is 0 Å². The first-order chi connectivity index (χ1) is 8.36. The molecular formula is C14H23NO2. The van der Waals surface area contributed by atoms with Gasteiger partial charge in [-0.1, -0.05) is 6.42 Å². The second-order valence-corrected chi connectivity index (χ2v) is 5.78. The summed E-state index contributed by atoms with van der Waals surface area (Å²) in [7, 11) is 0. The average Bonchev–Trinajstić information content (AvgIpc) is 3.00. The maximum Gasteiger partial charge on any atom is 0.137 e. The van der Waals surface area contributed by atoms with E-state index in [0.717, 1.165) is 38.9 Å². The molecule has 3 aliphatic rings. The molecular weight excluding hydrogens is 214 g/mol. The van der Waals surface area contributed by atoms with Gasteiger partial charge in [0.05, 0.1) is 6.61 Å². The van der Waals surface area contributed by atoms with Gasteiger partial charge in [-0.15, -0.1) is 0 Å². The molecule has 2 aliphatic heterocycles. The largest absolute Gasteiger partial charge is 0.380 e. The van der Waals surface area contributed by atoms with Crippen LogP contribution < -0.4 is 0 Å². The van der Waals surface area contributed by atoms with E-state index in [0.29, 0.717) is 23.8 Å². The van der Waals surface area contributed by atoms with Crippen molar-refractivity contribution < 1.29 is 9.53 Å². The summed E-state index contributed by atoms with van der Waals surface area (Å²) in [6, 6.07) is 1.12. The zero-order chi connectivity index (χ0) is 11.7. The van der Waals surface area contributed by atoms with Gasteiger partial charge in [0.1, 0.15) is 5.78 Å². The molecule has 3 fully saturated rings. The van der Waals surface area contributed by atoms with Crippen molar-refractivity contribution in [2.24, 2.45) is 5.92 Å². The number of hydrogen-bond acceptors (Lipinski definition) is 3. The van der Waals surface area contributed by atoms with Gasteiger partial charge in [-0.25, -0.2) is 0 Å². The van der Waals surface area contributed by atoms with Gasteiger partial charge in [0, 0.05) is 31.0 Å². The Morgan fingerprint density at radius 2 is 2.06 bits per heavy atom. The summed E-state index contributed by atoms with van der Waals surface area (Å²) in [4.78, 5) is 14.6. The molecule has 0 spiro atoms. The van der Waals surface area contributed by atoms with Crippen molar-refractivity contribution in [1.82, 2.24) is 4.90 Å². The quantitative estimate of drug-likeness (QED) is 0.735. The van der Waals surface area contributed by atoms with E-state index >= 15 is 0 Å². The van der Waals surface area contributed by atoms with Crippen LogP contribution in [0.25, 0.3) is 0 Å². The summed E-state index contributed by atoms with van der Waals surface area (Å²) in [6.07, 6.45) is 8.08. The van der Waals surface area contributed by atoms with Crippen molar-refractivity contribution in [2.75, 3.05) is 19.8 Å². The predicted octanol–water partition coefficient (Wildman–Crippen LogP) is 2.00. The molecule has 1 saturated carbocycles. The van der Waals surface area contributed by atoms with Crippen LogP contribution in [0.15, 0.2) is 0 Å². The van der Waals surface area contributed by atoms with Crippen molar-refractivity contribution in [3.63, 3.8) is 0 Å². The molecule has 0 N–H and O–H groups in total. The van der Waals surface area contributed by atoms with E-state index in [1.165, 1.54) is 25.8 Å². The molecule has 2 saturated heterocycles. The Kier molecular flexibility index (Phi) is 3.48. The third-order valence-corrected chi connectivity index (χ3v) is 4.78. The fraction of sp³-hybridized carbons (Fsp3) is 0.929. The summed E-state index contributed by atoms with van der Waals surface area (Å²) in [6.45, 7) is 2.98. The SMILES string of the molecule is O=C1CCCC1C1CCCCN1C1CCOC1. The van der Waals surface area contributed by atoms with Crippen LogP contribution in [0, 0.1) is 5.92 Å². The number of ether oxygens (including phenoxy) is 1. The number of piperidine rings is 1. The Labute approximate surface area is 104 Å². The molecule has 3 rings (SSSR count). The van der Waals surface area contributed by atoms with Crippen molar-refractivity contribution >= 4 is 5.78 Å². The van der Waals surface area contributed by atoms with E-state index in [9.17, 15) is 4.79 Å². The average molecular weight is 237 g/mol. The van der Waals surface area contributed by atoms with E-state index in [1.807, 2.05) is 0 Å². The minimum atomic E-state index is 0.343. The fourth-order valence-corrected chi connectivity index (χ4v) is 3.90. The summed E-state index contributed by atoms with van der Waals surface area (Å²) in [5.41, 5.74) is 0. The zero-order valence-corrected chi connectivity index (χ0v) is 10.6. The number of carbonyl (C=O) groups excluding carboxylic acids is 1. The maximum absolute atomic E-state index is 12.0. The monoisotopic (exact) mass is 237 g/mol. The molecule has 0 amide bonds. The zero-order valence-electron chi connectivity index (χ0n) is 10.6. The Morgan fingerprint density at radius 1 is 1.12 bits per heavy atom. The van der Waals surface area contributed by atoms with Crippen molar-refractivity contribution in [3.05, 3.63) is 0 Å². The summed E-state index contributed by atoms with van der Waals surface area (Å²) in [5, 5.41) is 0. The van der Waals surface area contributed by atoms with Crippen molar-refractivity contribution in [2.45, 2.75) is 57.0 Å². The van der Waals surface area contributed by atoms with Gasteiger partial charge in [-0.3, -0.25) is 9.69 Å². The Balaban J connectivity index is 1.72. The number of likely N-dealkylation sites (tertiary alicyclic amines) is 1. The second-order valence-electron chi connectivity index (χ2n) is 5.78.